The number of nitrogens with one attached hydrogen (secondary N) is 1. The number of anilines is 1. The van der Waals surface area contributed by atoms with Crippen LogP contribution in [0.25, 0.3) is 0 Å². The van der Waals surface area contributed by atoms with Gasteiger partial charge in [-0.25, -0.2) is 9.97 Å². The van der Waals surface area contributed by atoms with Crippen molar-refractivity contribution in [2.75, 3.05) is 5.32 Å². The van der Waals surface area contributed by atoms with Crippen LogP contribution in [0.4, 0.5) is 5.69 Å². The molecule has 0 spiro atoms. The van der Waals surface area contributed by atoms with E-state index in [0.717, 1.165) is 11.3 Å². The van der Waals surface area contributed by atoms with Gasteiger partial charge in [-0.2, -0.15) is 0 Å². The predicted molar refractivity (Wildman–Crippen MR) is 68.8 cm³/mol. The Labute approximate surface area is 109 Å². The summed E-state index contributed by atoms with van der Waals surface area (Å²) in [5.74, 6) is 0.418. The van der Waals surface area contributed by atoms with Crippen LogP contribution in [0.3, 0.4) is 0 Å². The summed E-state index contributed by atoms with van der Waals surface area (Å²) in [5.41, 5.74) is 2.24. The third-order valence-electron chi connectivity index (χ3n) is 2.99. The van der Waals surface area contributed by atoms with Gasteiger partial charge in [-0.1, -0.05) is 0 Å². The van der Waals surface area contributed by atoms with Crippen LogP contribution in [0.2, 0.25) is 0 Å². The van der Waals surface area contributed by atoms with E-state index >= 15 is 0 Å². The summed E-state index contributed by atoms with van der Waals surface area (Å²) >= 11 is 0. The zero-order valence-corrected chi connectivity index (χ0v) is 10.1. The Kier molecular flexibility index (Phi) is 2.79. The minimum atomic E-state index is -0.0478. The molecule has 2 heterocycles. The first-order chi connectivity index (χ1) is 9.22. The summed E-state index contributed by atoms with van der Waals surface area (Å²) in [6.45, 7) is 0. The number of fused-ring (bicyclic) bond motifs is 1. The van der Waals surface area contributed by atoms with E-state index in [4.69, 9.17) is 0 Å². The van der Waals surface area contributed by atoms with E-state index in [1.165, 1.54) is 0 Å². The number of hydrogen-bond acceptors (Lipinski definition) is 4. The molecule has 1 amide bonds. The van der Waals surface area contributed by atoms with Crippen LogP contribution < -0.4 is 5.32 Å². The number of amides is 1. The Morgan fingerprint density at radius 2 is 2.05 bits per heavy atom. The Hall–Kier alpha value is -2.56. The van der Waals surface area contributed by atoms with E-state index in [-0.39, 0.29) is 18.1 Å². The molecule has 0 saturated carbocycles. The molecular formula is C14H11N3O2. The van der Waals surface area contributed by atoms with Crippen LogP contribution in [-0.4, -0.2) is 21.7 Å². The van der Waals surface area contributed by atoms with Crippen LogP contribution in [-0.2, 0) is 17.6 Å². The molecule has 1 aliphatic heterocycles. The summed E-state index contributed by atoms with van der Waals surface area (Å²) < 4.78 is 0. The van der Waals surface area contributed by atoms with Crippen molar-refractivity contribution < 1.29 is 9.59 Å². The third-order valence-corrected chi connectivity index (χ3v) is 2.99. The molecule has 0 fully saturated rings. The van der Waals surface area contributed by atoms with Crippen LogP contribution in [0.1, 0.15) is 21.7 Å². The molecule has 1 aliphatic rings. The third kappa shape index (κ3) is 2.35. The molecule has 0 aliphatic carbocycles. The molecule has 1 aromatic heterocycles. The van der Waals surface area contributed by atoms with Gasteiger partial charge in [0.25, 0.3) is 0 Å². The van der Waals surface area contributed by atoms with Gasteiger partial charge in [0, 0.05) is 23.6 Å². The average Bonchev–Trinajstić information content (AvgIpc) is 2.78. The first-order valence-electron chi connectivity index (χ1n) is 5.94. The van der Waals surface area contributed by atoms with Gasteiger partial charge < -0.3 is 5.32 Å². The summed E-state index contributed by atoms with van der Waals surface area (Å²) in [6.07, 6.45) is 3.72. The van der Waals surface area contributed by atoms with Gasteiger partial charge in [0.2, 0.25) is 5.91 Å². The van der Waals surface area contributed by atoms with Crippen molar-refractivity contribution in [3.05, 3.63) is 53.6 Å². The number of nitrogens with zero attached hydrogens (tertiary/aromatic N) is 2. The highest BCUT2D eigenvalue weighted by Crippen LogP contribution is 2.24. The van der Waals surface area contributed by atoms with Gasteiger partial charge >= 0.3 is 0 Å². The minimum absolute atomic E-state index is 0.0361. The van der Waals surface area contributed by atoms with E-state index in [2.05, 4.69) is 15.3 Å². The fourth-order valence-electron chi connectivity index (χ4n) is 2.07. The van der Waals surface area contributed by atoms with Crippen molar-refractivity contribution in [2.45, 2.75) is 12.8 Å². The van der Waals surface area contributed by atoms with Gasteiger partial charge in [-0.3, -0.25) is 9.59 Å². The maximum Gasteiger partial charge on any atom is 0.228 e. The lowest BCUT2D eigenvalue weighted by Crippen LogP contribution is -2.06. The van der Waals surface area contributed by atoms with Crippen LogP contribution in [0, 0.1) is 0 Å². The van der Waals surface area contributed by atoms with Gasteiger partial charge in [-0.15, -0.1) is 0 Å². The van der Waals surface area contributed by atoms with Crippen molar-refractivity contribution in [1.82, 2.24) is 9.97 Å². The maximum atomic E-state index is 12.1. The number of carbonyl (C=O) groups excluding carboxylic acids is 2. The highest BCUT2D eigenvalue weighted by molar-refractivity contribution is 6.02. The van der Waals surface area contributed by atoms with Crippen molar-refractivity contribution >= 4 is 17.4 Å². The molecular weight excluding hydrogens is 242 g/mol. The molecule has 0 bridgehead atoms. The van der Waals surface area contributed by atoms with E-state index in [0.29, 0.717) is 17.8 Å². The fourth-order valence-corrected chi connectivity index (χ4v) is 2.07. The first kappa shape index (κ1) is 11.5. The fraction of sp³-hybridized carbons (Fsp3) is 0.143. The normalized spacial score (nSPS) is 12.9. The number of rotatable bonds is 3. The molecule has 2 aromatic rings. The number of aromatic nitrogens is 2. The lowest BCUT2D eigenvalue weighted by molar-refractivity contribution is -0.115. The van der Waals surface area contributed by atoms with Crippen LogP contribution >= 0.6 is 0 Å². The second-order valence-electron chi connectivity index (χ2n) is 4.36. The van der Waals surface area contributed by atoms with Crippen molar-refractivity contribution in [3.8, 4) is 0 Å². The van der Waals surface area contributed by atoms with Crippen LogP contribution in [0.5, 0.6) is 0 Å². The molecule has 3 rings (SSSR count). The van der Waals surface area contributed by atoms with E-state index in [1.807, 2.05) is 0 Å². The van der Waals surface area contributed by atoms with Gasteiger partial charge in [-0.05, 0) is 29.8 Å². The summed E-state index contributed by atoms with van der Waals surface area (Å²) in [5, 5.41) is 2.74. The Bertz CT molecular complexity index is 653. The molecule has 19 heavy (non-hydrogen) atoms. The quantitative estimate of drug-likeness (QED) is 0.839. The first-order valence-corrected chi connectivity index (χ1v) is 5.94. The van der Waals surface area contributed by atoms with Crippen molar-refractivity contribution in [3.63, 3.8) is 0 Å². The zero-order chi connectivity index (χ0) is 13.2. The number of benzene rings is 1. The molecule has 94 valence electrons. The molecule has 0 atom stereocenters. The maximum absolute atomic E-state index is 12.1. The molecule has 0 unspecified atom stereocenters. The standard InChI is InChI=1S/C14H11N3O2/c18-12(8-13-15-4-1-5-16-13)9-2-3-11-10(6-9)7-14(19)17-11/h1-6H,7-8H2,(H,17,19). The number of ketones is 1. The van der Waals surface area contributed by atoms with E-state index in [1.54, 1.807) is 36.7 Å². The van der Waals surface area contributed by atoms with Gasteiger partial charge in [0.15, 0.2) is 5.78 Å². The smallest absolute Gasteiger partial charge is 0.228 e. The minimum Gasteiger partial charge on any atom is -0.326 e. The van der Waals surface area contributed by atoms with Crippen molar-refractivity contribution in [2.24, 2.45) is 0 Å². The topological polar surface area (TPSA) is 72.0 Å². The highest BCUT2D eigenvalue weighted by Gasteiger charge is 2.19. The second kappa shape index (κ2) is 4.61. The molecule has 0 radical (unpaired) electrons. The monoisotopic (exact) mass is 253 g/mol. The molecule has 1 N–H and O–H groups in total. The van der Waals surface area contributed by atoms with Gasteiger partial charge in [0.05, 0.1) is 12.8 Å². The van der Waals surface area contributed by atoms with E-state index in [9.17, 15) is 9.59 Å². The molecule has 5 heteroatoms. The van der Waals surface area contributed by atoms with E-state index < -0.39 is 0 Å². The Morgan fingerprint density at radius 1 is 1.26 bits per heavy atom. The lowest BCUT2D eigenvalue weighted by atomic mass is 10.0. The predicted octanol–water partition coefficient (Wildman–Crippen LogP) is 1.40. The summed E-state index contributed by atoms with van der Waals surface area (Å²) in [7, 11) is 0. The zero-order valence-electron chi connectivity index (χ0n) is 10.1. The Morgan fingerprint density at radius 3 is 2.84 bits per heavy atom. The van der Waals surface area contributed by atoms with Gasteiger partial charge in [0.1, 0.15) is 5.82 Å². The van der Waals surface area contributed by atoms with Crippen molar-refractivity contribution in [1.29, 1.82) is 0 Å². The second-order valence-corrected chi connectivity index (χ2v) is 4.36. The number of carbonyl (C=O) groups is 2. The molecule has 0 saturated heterocycles. The molecule has 5 nitrogen and oxygen atoms in total. The Balaban J connectivity index is 1.82. The number of Topliss-reactive ketones (excluding diaryl/α,β-unsaturated/α-hetero) is 1. The summed E-state index contributed by atoms with van der Waals surface area (Å²) in [4.78, 5) is 31.4. The lowest BCUT2D eigenvalue weighted by Gasteiger charge is -2.03. The van der Waals surface area contributed by atoms with Crippen LogP contribution in [0.15, 0.2) is 36.7 Å². The molecule has 1 aromatic carbocycles. The average molecular weight is 253 g/mol. The highest BCUT2D eigenvalue weighted by atomic mass is 16.1. The SMILES string of the molecule is O=C1Cc2cc(C(=O)Cc3ncccn3)ccc2N1. The number of hydrogen-bond donors (Lipinski definition) is 1. The largest absolute Gasteiger partial charge is 0.326 e. The summed E-state index contributed by atoms with van der Waals surface area (Å²) in [6, 6.07) is 6.95.